The number of fused-ring (bicyclic) bond motifs is 12. The molecule has 248 valence electrons. The molecule has 0 saturated heterocycles. The molecule has 0 bridgehead atoms. The van der Waals surface area contributed by atoms with Gasteiger partial charge < -0.3 is 4.40 Å². The zero-order valence-electron chi connectivity index (χ0n) is 28.9. The van der Waals surface area contributed by atoms with Gasteiger partial charge >= 0.3 is 0 Å². The molecule has 4 heteroatoms. The topological polar surface area (TPSA) is 30.2 Å². The highest BCUT2D eigenvalue weighted by Gasteiger charge is 2.41. The summed E-state index contributed by atoms with van der Waals surface area (Å²) in [7, 11) is 0. The van der Waals surface area contributed by atoms with Crippen LogP contribution in [0.25, 0.3) is 93.5 Å². The molecule has 2 atom stereocenters. The molecule has 1 aliphatic carbocycles. The molecular weight excluding hydrogens is 663 g/mol. The predicted molar refractivity (Wildman–Crippen MR) is 223 cm³/mol. The van der Waals surface area contributed by atoms with E-state index in [1.54, 1.807) is 0 Å². The van der Waals surface area contributed by atoms with Crippen molar-refractivity contribution in [2.24, 2.45) is 0 Å². The number of thioether (sulfide) groups is 1. The number of allylic oxidation sites excluding steroid dienone is 3. The first kappa shape index (κ1) is 29.4. The Labute approximate surface area is 310 Å². The van der Waals surface area contributed by atoms with E-state index in [4.69, 9.17) is 9.97 Å². The summed E-state index contributed by atoms with van der Waals surface area (Å²) in [5.41, 5.74) is 13.6. The quantitative estimate of drug-likeness (QED) is 0.173. The average Bonchev–Trinajstić information content (AvgIpc) is 3.84. The van der Waals surface area contributed by atoms with Crippen molar-refractivity contribution < 1.29 is 0 Å². The van der Waals surface area contributed by atoms with E-state index in [0.717, 1.165) is 44.3 Å². The first-order valence-electron chi connectivity index (χ1n) is 18.3. The number of para-hydroxylation sites is 2. The number of aromatic nitrogens is 3. The minimum atomic E-state index is 0.0338. The largest absolute Gasteiger partial charge is 0.308 e. The lowest BCUT2D eigenvalue weighted by Gasteiger charge is -2.28. The van der Waals surface area contributed by atoms with Gasteiger partial charge in [-0.05, 0) is 65.2 Å². The number of rotatable bonds is 3. The second kappa shape index (κ2) is 10.7. The highest BCUT2D eigenvalue weighted by atomic mass is 32.2. The highest BCUT2D eigenvalue weighted by Crippen LogP contribution is 2.53. The van der Waals surface area contributed by atoms with Crippen molar-refractivity contribution in [1.82, 2.24) is 14.4 Å². The minimum absolute atomic E-state index is 0.0338. The third-order valence-electron chi connectivity index (χ3n) is 11.8. The molecule has 0 amide bonds. The lowest BCUT2D eigenvalue weighted by atomic mass is 9.76. The summed E-state index contributed by atoms with van der Waals surface area (Å²) >= 11 is 1.97. The van der Waals surface area contributed by atoms with Crippen molar-refractivity contribution in [2.75, 3.05) is 0 Å². The van der Waals surface area contributed by atoms with Crippen LogP contribution in [0.4, 0.5) is 0 Å². The third kappa shape index (κ3) is 4.13. The van der Waals surface area contributed by atoms with E-state index in [9.17, 15) is 0 Å². The van der Waals surface area contributed by atoms with Crippen molar-refractivity contribution in [3.05, 3.63) is 169 Å². The van der Waals surface area contributed by atoms with Gasteiger partial charge in [-0.1, -0.05) is 122 Å². The fourth-order valence-corrected chi connectivity index (χ4v) is 10.5. The van der Waals surface area contributed by atoms with Gasteiger partial charge in [0.05, 0.1) is 39.0 Å². The van der Waals surface area contributed by atoms with Crippen molar-refractivity contribution in [3.63, 3.8) is 0 Å². The van der Waals surface area contributed by atoms with Crippen molar-refractivity contribution >= 4 is 71.7 Å². The van der Waals surface area contributed by atoms with Crippen LogP contribution in [0.2, 0.25) is 0 Å². The summed E-state index contributed by atoms with van der Waals surface area (Å²) in [6, 6.07) is 50.9. The zero-order valence-corrected chi connectivity index (χ0v) is 29.7. The fourth-order valence-electron chi connectivity index (χ4n) is 9.01. The van der Waals surface area contributed by atoms with E-state index >= 15 is 0 Å². The lowest BCUT2D eigenvalue weighted by molar-refractivity contribution is 0.620. The van der Waals surface area contributed by atoms with Gasteiger partial charge in [0.2, 0.25) is 0 Å². The van der Waals surface area contributed by atoms with Crippen LogP contribution in [-0.2, 0) is 5.41 Å². The Morgan fingerprint density at radius 3 is 1.81 bits per heavy atom. The Hall–Kier alpha value is -6.23. The third-order valence-corrected chi connectivity index (χ3v) is 13.3. The Morgan fingerprint density at radius 1 is 0.547 bits per heavy atom. The Balaban J connectivity index is 0.958. The number of nitrogens with zero attached hydrogens (tertiary/aromatic N) is 3. The normalized spacial score (nSPS) is 17.9. The summed E-state index contributed by atoms with van der Waals surface area (Å²) in [5, 5.41) is 7.67. The van der Waals surface area contributed by atoms with Gasteiger partial charge in [-0.3, -0.25) is 0 Å². The molecule has 3 nitrogen and oxygen atoms in total. The maximum absolute atomic E-state index is 5.36. The van der Waals surface area contributed by atoms with Crippen LogP contribution < -0.4 is 0 Å². The molecule has 2 unspecified atom stereocenters. The molecule has 2 aliphatic rings. The molecular formula is C49H31N3S. The van der Waals surface area contributed by atoms with Gasteiger partial charge in [-0.15, -0.1) is 11.8 Å². The Kier molecular flexibility index (Phi) is 5.90. The maximum atomic E-state index is 5.36. The molecule has 10 aromatic rings. The molecule has 0 spiro atoms. The Bertz CT molecular complexity index is 3140. The molecule has 0 fully saturated rings. The van der Waals surface area contributed by atoms with Crippen LogP contribution in [0.3, 0.4) is 0 Å². The van der Waals surface area contributed by atoms with Gasteiger partial charge in [-0.25, -0.2) is 9.97 Å². The molecule has 53 heavy (non-hydrogen) atoms. The average molecular weight is 694 g/mol. The van der Waals surface area contributed by atoms with Gasteiger partial charge in [0, 0.05) is 59.0 Å². The standard InChI is InChI=1S/C49H31N3S/c1-49-25-7-6-12-45(49)53-44-24-21-33(28-39(44)49)29-13-15-30(16-14-29)40-22-19-31-17-18-32-20-23-41(51-47(32)46(31)50-40)34-26-37-35-8-2-4-10-42(35)52-43-11-5-3-9-36(43)38(27-34)48(37)52/h2-28,45H,1H3. The molecule has 0 N–H and O–H groups in total. The maximum Gasteiger partial charge on any atom is 0.0972 e. The number of benzene rings is 6. The second-order valence-corrected chi connectivity index (χ2v) is 15.9. The van der Waals surface area contributed by atoms with E-state index in [1.165, 1.54) is 59.7 Å². The SMILES string of the molecule is CC12C=CC=CC1Sc1ccc(-c3ccc(-c4ccc5ccc6ccc(-c7cc8c9ccccc9n9c%10ccccc%10c(c7)c89)nc6c5n4)cc3)cc12. The van der Waals surface area contributed by atoms with Gasteiger partial charge in [0.15, 0.2) is 0 Å². The van der Waals surface area contributed by atoms with E-state index in [2.05, 4.69) is 175 Å². The molecule has 5 heterocycles. The predicted octanol–water partition coefficient (Wildman–Crippen LogP) is 12.8. The summed E-state index contributed by atoms with van der Waals surface area (Å²) in [4.78, 5) is 12.0. The molecule has 4 aromatic heterocycles. The molecule has 0 radical (unpaired) electrons. The highest BCUT2D eigenvalue weighted by molar-refractivity contribution is 8.00. The summed E-state index contributed by atoms with van der Waals surface area (Å²) in [6.07, 6.45) is 9.07. The van der Waals surface area contributed by atoms with Gasteiger partial charge in [0.1, 0.15) is 0 Å². The molecule has 12 rings (SSSR count). The van der Waals surface area contributed by atoms with Crippen LogP contribution in [0, 0.1) is 0 Å². The first-order chi connectivity index (χ1) is 26.1. The van der Waals surface area contributed by atoms with Gasteiger partial charge in [0.25, 0.3) is 0 Å². The Morgan fingerprint density at radius 2 is 1.13 bits per heavy atom. The molecule has 0 saturated carbocycles. The van der Waals surface area contributed by atoms with Crippen LogP contribution in [0.1, 0.15) is 12.5 Å². The summed E-state index contributed by atoms with van der Waals surface area (Å²) in [6.45, 7) is 2.36. The van der Waals surface area contributed by atoms with Crippen molar-refractivity contribution in [3.8, 4) is 33.6 Å². The van der Waals surface area contributed by atoms with E-state index in [-0.39, 0.29) is 5.41 Å². The number of pyridine rings is 2. The van der Waals surface area contributed by atoms with Gasteiger partial charge in [-0.2, -0.15) is 0 Å². The second-order valence-electron chi connectivity index (χ2n) is 14.7. The monoisotopic (exact) mass is 693 g/mol. The summed E-state index contributed by atoms with van der Waals surface area (Å²) < 4.78 is 2.42. The van der Waals surface area contributed by atoms with Crippen LogP contribution >= 0.6 is 11.8 Å². The van der Waals surface area contributed by atoms with E-state index in [0.29, 0.717) is 5.25 Å². The number of hydrogen-bond acceptors (Lipinski definition) is 3. The number of hydrogen-bond donors (Lipinski definition) is 0. The van der Waals surface area contributed by atoms with Crippen LogP contribution in [0.5, 0.6) is 0 Å². The summed E-state index contributed by atoms with van der Waals surface area (Å²) in [5.74, 6) is 0. The van der Waals surface area contributed by atoms with E-state index in [1.807, 2.05) is 11.8 Å². The zero-order chi connectivity index (χ0) is 34.8. The van der Waals surface area contributed by atoms with Crippen LogP contribution in [0.15, 0.2) is 169 Å². The molecule has 1 aliphatic heterocycles. The van der Waals surface area contributed by atoms with Crippen molar-refractivity contribution in [1.29, 1.82) is 0 Å². The minimum Gasteiger partial charge on any atom is -0.308 e. The van der Waals surface area contributed by atoms with Crippen LogP contribution in [-0.4, -0.2) is 19.6 Å². The smallest absolute Gasteiger partial charge is 0.0972 e. The first-order valence-corrected chi connectivity index (χ1v) is 19.1. The van der Waals surface area contributed by atoms with Crippen molar-refractivity contribution in [2.45, 2.75) is 22.5 Å². The lowest BCUT2D eigenvalue weighted by Crippen LogP contribution is -2.28. The molecule has 6 aromatic carbocycles. The van der Waals surface area contributed by atoms with E-state index < -0.39 is 0 Å². The fraction of sp³-hybridized carbons (Fsp3) is 0.0612.